The van der Waals surface area contributed by atoms with Crippen LogP contribution in [0.3, 0.4) is 0 Å². The van der Waals surface area contributed by atoms with Gasteiger partial charge in [-0.3, -0.25) is 4.90 Å². The zero-order chi connectivity index (χ0) is 11.7. The van der Waals surface area contributed by atoms with Gasteiger partial charge < -0.3 is 5.32 Å². The molecule has 2 atom stereocenters. The third-order valence-electron chi connectivity index (χ3n) is 4.55. The number of hydrogen-bond donors (Lipinski definition) is 1. The van der Waals surface area contributed by atoms with E-state index in [1.165, 1.54) is 44.5 Å². The van der Waals surface area contributed by atoms with E-state index in [4.69, 9.17) is 0 Å². The average Bonchev–Trinajstić information content (AvgIpc) is 3.01. The number of rotatable bonds is 2. The summed E-state index contributed by atoms with van der Waals surface area (Å²) in [4.78, 5) is 2.63. The lowest BCUT2D eigenvalue weighted by Gasteiger charge is -2.28. The van der Waals surface area contributed by atoms with Crippen molar-refractivity contribution in [2.24, 2.45) is 0 Å². The quantitative estimate of drug-likeness (QED) is 0.840. The summed E-state index contributed by atoms with van der Waals surface area (Å²) in [6.07, 6.45) is 4.04. The van der Waals surface area contributed by atoms with Gasteiger partial charge in [0.2, 0.25) is 0 Å². The Bertz CT molecular complexity index is 368. The molecule has 1 spiro atoms. The summed E-state index contributed by atoms with van der Waals surface area (Å²) in [5.74, 6) is 0. The predicted molar refractivity (Wildman–Crippen MR) is 71.0 cm³/mol. The minimum Gasteiger partial charge on any atom is -0.310 e. The average molecular weight is 230 g/mol. The van der Waals surface area contributed by atoms with Gasteiger partial charge in [0, 0.05) is 24.7 Å². The third-order valence-corrected chi connectivity index (χ3v) is 4.55. The van der Waals surface area contributed by atoms with E-state index in [0.717, 1.165) is 0 Å². The highest BCUT2D eigenvalue weighted by Crippen LogP contribution is 2.34. The summed E-state index contributed by atoms with van der Waals surface area (Å²) in [6, 6.07) is 11.4. The molecule has 0 bridgehead atoms. The number of nitrogens with one attached hydrogen (secondary N) is 1. The lowest BCUT2D eigenvalue weighted by Crippen LogP contribution is -2.42. The summed E-state index contributed by atoms with van der Waals surface area (Å²) in [7, 11) is 0. The normalized spacial score (nSPS) is 31.1. The van der Waals surface area contributed by atoms with Crippen LogP contribution in [-0.4, -0.2) is 30.1 Å². The van der Waals surface area contributed by atoms with Gasteiger partial charge in [-0.1, -0.05) is 30.3 Å². The fourth-order valence-electron chi connectivity index (χ4n) is 3.39. The second-order valence-electron chi connectivity index (χ2n) is 5.62. The fraction of sp³-hybridized carbons (Fsp3) is 0.600. The van der Waals surface area contributed by atoms with Crippen molar-refractivity contribution in [3.8, 4) is 0 Å². The van der Waals surface area contributed by atoms with Crippen molar-refractivity contribution in [3.05, 3.63) is 35.9 Å². The molecule has 2 aliphatic rings. The summed E-state index contributed by atoms with van der Waals surface area (Å²) in [5.41, 5.74) is 1.89. The van der Waals surface area contributed by atoms with Crippen LogP contribution in [0.25, 0.3) is 0 Å². The highest BCUT2D eigenvalue weighted by atomic mass is 15.2. The van der Waals surface area contributed by atoms with Gasteiger partial charge in [-0.05, 0) is 38.3 Å². The van der Waals surface area contributed by atoms with Gasteiger partial charge in [-0.15, -0.1) is 0 Å². The molecule has 2 heteroatoms. The Balaban J connectivity index is 1.70. The maximum Gasteiger partial charge on any atom is 0.0321 e. The zero-order valence-electron chi connectivity index (χ0n) is 10.7. The van der Waals surface area contributed by atoms with Crippen molar-refractivity contribution in [2.75, 3.05) is 19.6 Å². The summed E-state index contributed by atoms with van der Waals surface area (Å²) in [6.45, 7) is 6.02. The molecule has 92 valence electrons. The highest BCUT2D eigenvalue weighted by Gasteiger charge is 2.41. The van der Waals surface area contributed by atoms with Crippen molar-refractivity contribution in [1.82, 2.24) is 10.2 Å². The summed E-state index contributed by atoms with van der Waals surface area (Å²) in [5, 5.41) is 3.73. The van der Waals surface area contributed by atoms with Gasteiger partial charge in [-0.25, -0.2) is 0 Å². The van der Waals surface area contributed by atoms with E-state index in [9.17, 15) is 0 Å². The minimum atomic E-state index is 0.447. The van der Waals surface area contributed by atoms with Crippen LogP contribution < -0.4 is 5.32 Å². The second-order valence-corrected chi connectivity index (χ2v) is 5.62. The van der Waals surface area contributed by atoms with Crippen LogP contribution in [0.2, 0.25) is 0 Å². The number of nitrogens with zero attached hydrogens (tertiary/aromatic N) is 1. The van der Waals surface area contributed by atoms with E-state index >= 15 is 0 Å². The molecular weight excluding hydrogens is 208 g/mol. The van der Waals surface area contributed by atoms with E-state index in [-0.39, 0.29) is 0 Å². The zero-order valence-corrected chi connectivity index (χ0v) is 10.7. The van der Waals surface area contributed by atoms with Crippen LogP contribution in [0.5, 0.6) is 0 Å². The summed E-state index contributed by atoms with van der Waals surface area (Å²) < 4.78 is 0. The van der Waals surface area contributed by atoms with Crippen LogP contribution in [0.1, 0.15) is 37.8 Å². The molecule has 0 saturated carbocycles. The topological polar surface area (TPSA) is 15.3 Å². The first-order valence-electron chi connectivity index (χ1n) is 6.83. The van der Waals surface area contributed by atoms with Gasteiger partial charge in [-0.2, -0.15) is 0 Å². The Kier molecular flexibility index (Phi) is 2.93. The molecule has 0 amide bonds. The van der Waals surface area contributed by atoms with Crippen LogP contribution in [-0.2, 0) is 0 Å². The Hall–Kier alpha value is -0.860. The largest absolute Gasteiger partial charge is 0.310 e. The van der Waals surface area contributed by atoms with Crippen LogP contribution >= 0.6 is 0 Å². The van der Waals surface area contributed by atoms with Crippen LogP contribution in [0.4, 0.5) is 0 Å². The van der Waals surface area contributed by atoms with E-state index in [1.807, 2.05) is 0 Å². The number of likely N-dealkylation sites (tertiary alicyclic amines) is 1. The first-order valence-corrected chi connectivity index (χ1v) is 6.83. The number of benzene rings is 1. The maximum atomic E-state index is 3.73. The van der Waals surface area contributed by atoms with E-state index < -0.39 is 0 Å². The smallest absolute Gasteiger partial charge is 0.0321 e. The molecule has 17 heavy (non-hydrogen) atoms. The Morgan fingerprint density at radius 1 is 1.24 bits per heavy atom. The monoisotopic (exact) mass is 230 g/mol. The van der Waals surface area contributed by atoms with Gasteiger partial charge in [0.15, 0.2) is 0 Å². The number of hydrogen-bond acceptors (Lipinski definition) is 2. The van der Waals surface area contributed by atoms with Crippen molar-refractivity contribution >= 4 is 0 Å². The fourth-order valence-corrected chi connectivity index (χ4v) is 3.39. The Morgan fingerprint density at radius 2 is 2.06 bits per heavy atom. The van der Waals surface area contributed by atoms with Crippen LogP contribution in [0.15, 0.2) is 30.3 Å². The van der Waals surface area contributed by atoms with Crippen LogP contribution in [0, 0.1) is 0 Å². The molecule has 0 unspecified atom stereocenters. The molecule has 0 aliphatic carbocycles. The lowest BCUT2D eigenvalue weighted by atomic mass is 9.97. The molecule has 0 radical (unpaired) electrons. The maximum absolute atomic E-state index is 3.73. The second kappa shape index (κ2) is 4.43. The molecule has 2 nitrogen and oxygen atoms in total. The minimum absolute atomic E-state index is 0.447. The Labute approximate surface area is 104 Å². The first kappa shape index (κ1) is 11.2. The van der Waals surface area contributed by atoms with Crippen molar-refractivity contribution in [2.45, 2.75) is 37.8 Å². The Morgan fingerprint density at radius 3 is 2.76 bits per heavy atom. The standard InChI is InChI=1S/C15H22N2/c1-13(14-6-3-2-4-7-14)17-11-9-15(12-17)8-5-10-16-15/h2-4,6-7,13,16H,5,8-12H2,1H3/t13-,15+/m0/s1. The molecular formula is C15H22N2. The molecule has 1 aromatic carbocycles. The lowest BCUT2D eigenvalue weighted by molar-refractivity contribution is 0.238. The predicted octanol–water partition coefficient (Wildman–Crippen LogP) is 2.58. The van der Waals surface area contributed by atoms with E-state index in [1.54, 1.807) is 0 Å². The van der Waals surface area contributed by atoms with Gasteiger partial charge in [0.05, 0.1) is 0 Å². The van der Waals surface area contributed by atoms with Gasteiger partial charge in [0.1, 0.15) is 0 Å². The van der Waals surface area contributed by atoms with Gasteiger partial charge >= 0.3 is 0 Å². The third kappa shape index (κ3) is 2.12. The molecule has 1 N–H and O–H groups in total. The van der Waals surface area contributed by atoms with Gasteiger partial charge in [0.25, 0.3) is 0 Å². The molecule has 2 saturated heterocycles. The van der Waals surface area contributed by atoms with Crippen molar-refractivity contribution in [3.63, 3.8) is 0 Å². The molecule has 2 heterocycles. The molecule has 1 aromatic rings. The van der Waals surface area contributed by atoms with E-state index in [0.29, 0.717) is 11.6 Å². The molecule has 3 rings (SSSR count). The van der Waals surface area contributed by atoms with E-state index in [2.05, 4.69) is 47.5 Å². The van der Waals surface area contributed by atoms with Crippen molar-refractivity contribution in [1.29, 1.82) is 0 Å². The molecule has 0 aromatic heterocycles. The first-order chi connectivity index (χ1) is 8.29. The highest BCUT2D eigenvalue weighted by molar-refractivity contribution is 5.19. The molecule has 2 fully saturated rings. The van der Waals surface area contributed by atoms with Crippen molar-refractivity contribution < 1.29 is 0 Å². The molecule has 2 aliphatic heterocycles. The SMILES string of the molecule is C[C@@H](c1ccccc1)N1CC[C@]2(CCCN2)C1. The summed E-state index contributed by atoms with van der Waals surface area (Å²) >= 11 is 0.